The van der Waals surface area contributed by atoms with Crippen LogP contribution in [0.1, 0.15) is 49.0 Å². The highest BCUT2D eigenvalue weighted by Crippen LogP contribution is 2.60. The summed E-state index contributed by atoms with van der Waals surface area (Å²) >= 11 is 0. The zero-order valence-electron chi connectivity index (χ0n) is 13.7. The minimum atomic E-state index is -0.522. The number of anilines is 1. The molecule has 1 heterocycles. The Morgan fingerprint density at radius 2 is 1.78 bits per heavy atom. The van der Waals surface area contributed by atoms with Gasteiger partial charge in [-0.25, -0.2) is 4.79 Å². The van der Waals surface area contributed by atoms with Crippen LogP contribution in [-0.2, 0) is 16.6 Å². The lowest BCUT2D eigenvalue weighted by Gasteiger charge is -2.55. The summed E-state index contributed by atoms with van der Waals surface area (Å²) in [5.41, 5.74) is 0.394. The van der Waals surface area contributed by atoms with Crippen molar-refractivity contribution in [3.05, 3.63) is 11.9 Å². The Labute approximate surface area is 135 Å². The van der Waals surface area contributed by atoms with Crippen LogP contribution < -0.4 is 5.32 Å². The molecular formula is C17H23N3O3. The van der Waals surface area contributed by atoms with Gasteiger partial charge in [-0.2, -0.15) is 5.10 Å². The van der Waals surface area contributed by atoms with E-state index in [1.165, 1.54) is 31.1 Å². The van der Waals surface area contributed by atoms with Crippen LogP contribution in [0.3, 0.4) is 0 Å². The maximum Gasteiger partial charge on any atom is 0.360 e. The first-order chi connectivity index (χ1) is 11.0. The monoisotopic (exact) mass is 317 g/mol. The van der Waals surface area contributed by atoms with E-state index in [0.717, 1.165) is 19.3 Å². The van der Waals surface area contributed by atoms with Gasteiger partial charge in [0.05, 0.1) is 18.2 Å². The molecule has 4 aliphatic carbocycles. The third-order valence-corrected chi connectivity index (χ3v) is 5.98. The summed E-state index contributed by atoms with van der Waals surface area (Å²) in [6.45, 7) is 0. The second kappa shape index (κ2) is 5.08. The quantitative estimate of drug-likeness (QED) is 0.869. The summed E-state index contributed by atoms with van der Waals surface area (Å²) in [5, 5.41) is 7.09. The average molecular weight is 317 g/mol. The number of hydrogen-bond donors (Lipinski definition) is 1. The van der Waals surface area contributed by atoms with Gasteiger partial charge >= 0.3 is 5.97 Å². The van der Waals surface area contributed by atoms with Crippen molar-refractivity contribution in [1.29, 1.82) is 0 Å². The number of carbonyl (C=O) groups is 2. The third-order valence-electron chi connectivity index (χ3n) is 5.98. The summed E-state index contributed by atoms with van der Waals surface area (Å²) in [6, 6.07) is 0. The van der Waals surface area contributed by atoms with E-state index in [0.29, 0.717) is 23.4 Å². The Kier molecular flexibility index (Phi) is 3.25. The van der Waals surface area contributed by atoms with Crippen LogP contribution in [0.5, 0.6) is 0 Å². The maximum absolute atomic E-state index is 13.0. The molecule has 0 saturated heterocycles. The van der Waals surface area contributed by atoms with Gasteiger partial charge in [-0.3, -0.25) is 9.48 Å². The van der Waals surface area contributed by atoms with Crippen LogP contribution in [0.4, 0.5) is 5.69 Å². The summed E-state index contributed by atoms with van der Waals surface area (Å²) in [6.07, 6.45) is 8.56. The Hall–Kier alpha value is -1.85. The number of ether oxygens (including phenoxy) is 1. The molecule has 1 amide bonds. The summed E-state index contributed by atoms with van der Waals surface area (Å²) in [5.74, 6) is 1.67. The van der Waals surface area contributed by atoms with E-state index < -0.39 is 5.97 Å². The number of carbonyl (C=O) groups excluding carboxylic acids is 2. The third kappa shape index (κ3) is 2.35. The minimum Gasteiger partial charge on any atom is -0.464 e. The second-order valence-electron chi connectivity index (χ2n) is 7.71. The molecule has 0 aromatic carbocycles. The smallest absolute Gasteiger partial charge is 0.360 e. The molecule has 4 saturated carbocycles. The number of nitrogens with one attached hydrogen (secondary N) is 1. The molecule has 4 aliphatic rings. The number of nitrogens with zero attached hydrogens (tertiary/aromatic N) is 2. The molecular weight excluding hydrogens is 294 g/mol. The van der Waals surface area contributed by atoms with Crippen molar-refractivity contribution < 1.29 is 14.3 Å². The van der Waals surface area contributed by atoms with Gasteiger partial charge < -0.3 is 10.1 Å². The molecule has 0 spiro atoms. The van der Waals surface area contributed by atoms with Gasteiger partial charge in [-0.1, -0.05) is 0 Å². The summed E-state index contributed by atoms with van der Waals surface area (Å²) < 4.78 is 6.28. The lowest BCUT2D eigenvalue weighted by molar-refractivity contribution is -0.140. The molecule has 1 aromatic rings. The van der Waals surface area contributed by atoms with E-state index in [1.807, 2.05) is 0 Å². The molecule has 0 radical (unpaired) electrons. The zero-order valence-corrected chi connectivity index (χ0v) is 13.7. The molecule has 0 aliphatic heterocycles. The molecule has 5 rings (SSSR count). The van der Waals surface area contributed by atoms with Crippen molar-refractivity contribution in [2.24, 2.45) is 30.2 Å². The molecule has 6 nitrogen and oxygen atoms in total. The van der Waals surface area contributed by atoms with E-state index in [1.54, 1.807) is 13.2 Å². The minimum absolute atomic E-state index is 0.0646. The largest absolute Gasteiger partial charge is 0.464 e. The number of rotatable bonds is 3. The fourth-order valence-corrected chi connectivity index (χ4v) is 5.47. The van der Waals surface area contributed by atoms with E-state index >= 15 is 0 Å². The van der Waals surface area contributed by atoms with Gasteiger partial charge in [-0.15, -0.1) is 0 Å². The van der Waals surface area contributed by atoms with Gasteiger partial charge in [0.25, 0.3) is 0 Å². The Morgan fingerprint density at radius 1 is 1.22 bits per heavy atom. The molecule has 0 atom stereocenters. The zero-order chi connectivity index (χ0) is 16.2. The topological polar surface area (TPSA) is 73.2 Å². The first kappa shape index (κ1) is 14.7. The molecule has 4 fully saturated rings. The molecule has 1 aromatic heterocycles. The highest BCUT2D eigenvalue weighted by Gasteiger charge is 2.54. The number of aromatic nitrogens is 2. The fourth-order valence-electron chi connectivity index (χ4n) is 5.47. The normalized spacial score (nSPS) is 34.4. The number of methoxy groups -OCH3 is 1. The first-order valence-electron chi connectivity index (χ1n) is 8.42. The lowest BCUT2D eigenvalue weighted by Crippen LogP contribution is -2.51. The Balaban J connectivity index is 1.58. The van der Waals surface area contributed by atoms with Crippen molar-refractivity contribution in [2.75, 3.05) is 12.4 Å². The first-order valence-corrected chi connectivity index (χ1v) is 8.42. The van der Waals surface area contributed by atoms with E-state index in [2.05, 4.69) is 10.4 Å². The van der Waals surface area contributed by atoms with Crippen molar-refractivity contribution in [1.82, 2.24) is 9.78 Å². The van der Waals surface area contributed by atoms with Crippen molar-refractivity contribution >= 4 is 17.6 Å². The summed E-state index contributed by atoms with van der Waals surface area (Å²) in [4.78, 5) is 24.9. The number of amides is 1. The van der Waals surface area contributed by atoms with E-state index in [9.17, 15) is 9.59 Å². The van der Waals surface area contributed by atoms with Crippen molar-refractivity contribution in [3.63, 3.8) is 0 Å². The van der Waals surface area contributed by atoms with Crippen LogP contribution in [0.25, 0.3) is 0 Å². The van der Waals surface area contributed by atoms with Gasteiger partial charge in [0, 0.05) is 13.2 Å². The second-order valence-corrected chi connectivity index (χ2v) is 7.71. The number of aryl methyl sites for hydroxylation is 1. The molecule has 23 heavy (non-hydrogen) atoms. The predicted octanol–water partition coefficient (Wildman–Crippen LogP) is 2.36. The maximum atomic E-state index is 13.0. The Morgan fingerprint density at radius 3 is 2.30 bits per heavy atom. The molecule has 124 valence electrons. The lowest BCUT2D eigenvalue weighted by atomic mass is 9.49. The van der Waals surface area contributed by atoms with Crippen LogP contribution in [0, 0.1) is 23.2 Å². The van der Waals surface area contributed by atoms with Gasteiger partial charge in [0.1, 0.15) is 0 Å². The van der Waals surface area contributed by atoms with Crippen LogP contribution in [0.15, 0.2) is 6.20 Å². The highest BCUT2D eigenvalue weighted by atomic mass is 16.5. The average Bonchev–Trinajstić information content (AvgIpc) is 2.85. The van der Waals surface area contributed by atoms with Crippen LogP contribution in [-0.4, -0.2) is 28.8 Å². The SMILES string of the molecule is COC(=O)c1nn(C)cc1NC(=O)C12CC3CC(CC(C3)C1)C2. The Bertz CT molecular complexity index is 629. The van der Waals surface area contributed by atoms with Gasteiger partial charge in [-0.05, 0) is 56.3 Å². The standard InChI is InChI=1S/C17H23N3O3/c1-20-9-13(14(19-20)15(21)23-2)18-16(22)17-6-10-3-11(7-17)5-12(4-10)8-17/h9-12H,3-8H2,1-2H3,(H,18,22). The fraction of sp³-hybridized carbons (Fsp3) is 0.706. The number of esters is 1. The van der Waals surface area contributed by atoms with Gasteiger partial charge in [0.2, 0.25) is 5.91 Å². The molecule has 1 N–H and O–H groups in total. The van der Waals surface area contributed by atoms with Crippen LogP contribution in [0.2, 0.25) is 0 Å². The van der Waals surface area contributed by atoms with E-state index in [-0.39, 0.29) is 17.0 Å². The van der Waals surface area contributed by atoms with Crippen molar-refractivity contribution in [3.8, 4) is 0 Å². The van der Waals surface area contributed by atoms with E-state index in [4.69, 9.17) is 4.74 Å². The summed E-state index contributed by atoms with van der Waals surface area (Å²) in [7, 11) is 3.05. The predicted molar refractivity (Wildman–Crippen MR) is 83.8 cm³/mol. The van der Waals surface area contributed by atoms with Crippen LogP contribution >= 0.6 is 0 Å². The van der Waals surface area contributed by atoms with Gasteiger partial charge in [0.15, 0.2) is 5.69 Å². The highest BCUT2D eigenvalue weighted by molar-refractivity contribution is 6.01. The molecule has 0 unspecified atom stereocenters. The number of hydrogen-bond acceptors (Lipinski definition) is 4. The molecule has 4 bridgehead atoms. The molecule has 6 heteroatoms. The van der Waals surface area contributed by atoms with Crippen molar-refractivity contribution in [2.45, 2.75) is 38.5 Å².